The number of benzene rings is 2. The fourth-order valence-electron chi connectivity index (χ4n) is 2.11. The van der Waals surface area contributed by atoms with Crippen molar-refractivity contribution in [1.82, 2.24) is 0 Å². The van der Waals surface area contributed by atoms with Crippen LogP contribution in [0.3, 0.4) is 0 Å². The van der Waals surface area contributed by atoms with Gasteiger partial charge in [0.25, 0.3) is 5.69 Å². The number of ether oxygens (including phenoxy) is 1. The zero-order valence-corrected chi connectivity index (χ0v) is 10.3. The van der Waals surface area contributed by atoms with E-state index < -0.39 is 17.1 Å². The number of carbonyl (C=O) groups excluding carboxylic acids is 1. The molecule has 0 unspecified atom stereocenters. The molecule has 3 rings (SSSR count). The lowest BCUT2D eigenvalue weighted by Gasteiger charge is -2.14. The summed E-state index contributed by atoms with van der Waals surface area (Å²) in [4.78, 5) is 21.9. The summed E-state index contributed by atoms with van der Waals surface area (Å²) in [6, 6.07) is 13.1. The number of anilines is 1. The van der Waals surface area contributed by atoms with Gasteiger partial charge in [0.15, 0.2) is 0 Å². The van der Waals surface area contributed by atoms with Crippen molar-refractivity contribution in [2.45, 2.75) is 6.23 Å². The number of hydrogen-bond donors (Lipinski definition) is 1. The lowest BCUT2D eigenvalue weighted by molar-refractivity contribution is -0.384. The van der Waals surface area contributed by atoms with Gasteiger partial charge < -0.3 is 10.1 Å². The Hall–Kier alpha value is -2.89. The van der Waals surface area contributed by atoms with Gasteiger partial charge in [0.1, 0.15) is 0 Å². The summed E-state index contributed by atoms with van der Waals surface area (Å²) in [5.41, 5.74) is 1.74. The number of nitro benzene ring substituents is 1. The van der Waals surface area contributed by atoms with Crippen LogP contribution in [0.15, 0.2) is 48.5 Å². The van der Waals surface area contributed by atoms with Crippen LogP contribution in [-0.4, -0.2) is 10.9 Å². The van der Waals surface area contributed by atoms with E-state index in [9.17, 15) is 14.9 Å². The molecule has 0 aliphatic carbocycles. The number of fused-ring (bicyclic) bond motifs is 1. The number of nitro groups is 1. The van der Waals surface area contributed by atoms with Gasteiger partial charge in [0.05, 0.1) is 10.5 Å². The molecule has 0 bridgehead atoms. The van der Waals surface area contributed by atoms with Crippen LogP contribution >= 0.6 is 0 Å². The molecular weight excluding hydrogens is 260 g/mol. The molecule has 0 saturated carbocycles. The highest BCUT2D eigenvalue weighted by molar-refractivity contribution is 5.94. The van der Waals surface area contributed by atoms with Crippen LogP contribution < -0.4 is 5.32 Å². The van der Waals surface area contributed by atoms with Crippen LogP contribution in [0.2, 0.25) is 0 Å². The van der Waals surface area contributed by atoms with Gasteiger partial charge in [-0.3, -0.25) is 10.1 Å². The van der Waals surface area contributed by atoms with Crippen LogP contribution in [0.1, 0.15) is 22.1 Å². The van der Waals surface area contributed by atoms with Crippen molar-refractivity contribution in [2.75, 3.05) is 5.32 Å². The number of esters is 1. The van der Waals surface area contributed by atoms with Crippen molar-refractivity contribution in [3.05, 3.63) is 69.8 Å². The Kier molecular flexibility index (Phi) is 2.83. The van der Waals surface area contributed by atoms with Gasteiger partial charge in [-0.2, -0.15) is 0 Å². The molecule has 1 aliphatic heterocycles. The van der Waals surface area contributed by atoms with Crippen molar-refractivity contribution in [3.8, 4) is 0 Å². The summed E-state index contributed by atoms with van der Waals surface area (Å²) in [6.45, 7) is 0. The van der Waals surface area contributed by atoms with E-state index in [1.54, 1.807) is 30.3 Å². The van der Waals surface area contributed by atoms with E-state index in [1.165, 1.54) is 12.1 Å². The van der Waals surface area contributed by atoms with Gasteiger partial charge >= 0.3 is 5.97 Å². The van der Waals surface area contributed by atoms with Gasteiger partial charge in [0, 0.05) is 23.4 Å². The molecule has 100 valence electrons. The summed E-state index contributed by atoms with van der Waals surface area (Å²) in [5, 5.41) is 13.7. The molecule has 1 N–H and O–H groups in total. The minimum atomic E-state index is -0.624. The van der Waals surface area contributed by atoms with Crippen LogP contribution in [0.4, 0.5) is 11.4 Å². The van der Waals surface area contributed by atoms with Crippen LogP contribution in [0.25, 0.3) is 0 Å². The predicted octanol–water partition coefficient (Wildman–Crippen LogP) is 2.88. The molecular formula is C14H10N2O4. The van der Waals surface area contributed by atoms with Crippen molar-refractivity contribution in [3.63, 3.8) is 0 Å². The highest BCUT2D eigenvalue weighted by Crippen LogP contribution is 2.31. The Morgan fingerprint density at radius 3 is 2.75 bits per heavy atom. The van der Waals surface area contributed by atoms with E-state index in [1.807, 2.05) is 6.07 Å². The molecule has 2 aromatic rings. The average molecular weight is 270 g/mol. The Balaban J connectivity index is 1.88. The van der Waals surface area contributed by atoms with E-state index >= 15 is 0 Å². The maximum Gasteiger partial charge on any atom is 0.340 e. The Labute approximate surface area is 114 Å². The lowest BCUT2D eigenvalue weighted by Crippen LogP contribution is -2.10. The monoisotopic (exact) mass is 270 g/mol. The molecule has 0 saturated heterocycles. The Morgan fingerprint density at radius 1 is 1.15 bits per heavy atom. The number of rotatable bonds is 3. The minimum absolute atomic E-state index is 0.0207. The molecule has 20 heavy (non-hydrogen) atoms. The van der Waals surface area contributed by atoms with Gasteiger partial charge in [-0.25, -0.2) is 4.79 Å². The highest BCUT2D eigenvalue weighted by atomic mass is 16.6. The molecule has 0 amide bonds. The second-order valence-corrected chi connectivity index (χ2v) is 4.32. The molecule has 1 atom stereocenters. The molecule has 6 nitrogen and oxygen atoms in total. The molecule has 0 radical (unpaired) electrons. The molecule has 1 aliphatic rings. The van der Waals surface area contributed by atoms with Crippen LogP contribution in [-0.2, 0) is 4.74 Å². The normalized spacial score (nSPS) is 16.4. The zero-order chi connectivity index (χ0) is 14.1. The van der Waals surface area contributed by atoms with Gasteiger partial charge in [0.2, 0.25) is 6.23 Å². The minimum Gasteiger partial charge on any atom is -0.434 e. The fraction of sp³-hybridized carbons (Fsp3) is 0.0714. The third kappa shape index (κ3) is 2.07. The molecule has 0 spiro atoms. The first kappa shape index (κ1) is 12.2. The maximum atomic E-state index is 11.7. The standard InChI is InChI=1S/C14H10N2O4/c17-14-12-7-2-1-6-11(12)13(20-14)15-9-4-3-5-10(8-9)16(18)19/h1-8,13,15H/t13-/m1/s1. The number of nitrogens with zero attached hydrogens (tertiary/aromatic N) is 1. The van der Waals surface area contributed by atoms with Crippen molar-refractivity contribution < 1.29 is 14.5 Å². The average Bonchev–Trinajstić information content (AvgIpc) is 2.76. The van der Waals surface area contributed by atoms with E-state index in [2.05, 4.69) is 5.32 Å². The smallest absolute Gasteiger partial charge is 0.340 e. The summed E-state index contributed by atoms with van der Waals surface area (Å²) < 4.78 is 5.22. The zero-order valence-electron chi connectivity index (χ0n) is 10.3. The number of carbonyl (C=O) groups is 1. The first-order chi connectivity index (χ1) is 9.65. The van der Waals surface area contributed by atoms with Gasteiger partial charge in [-0.15, -0.1) is 0 Å². The number of cyclic esters (lactones) is 1. The fourth-order valence-corrected chi connectivity index (χ4v) is 2.11. The lowest BCUT2D eigenvalue weighted by atomic mass is 10.1. The second kappa shape index (κ2) is 4.65. The molecule has 0 aromatic heterocycles. The van der Waals surface area contributed by atoms with Crippen LogP contribution in [0, 0.1) is 10.1 Å². The van der Waals surface area contributed by atoms with Crippen molar-refractivity contribution in [2.24, 2.45) is 0 Å². The van der Waals surface area contributed by atoms with E-state index in [0.29, 0.717) is 11.3 Å². The molecule has 0 fully saturated rings. The quantitative estimate of drug-likeness (QED) is 0.527. The van der Waals surface area contributed by atoms with Crippen LogP contribution in [0.5, 0.6) is 0 Å². The van der Waals surface area contributed by atoms with Gasteiger partial charge in [-0.05, 0) is 12.1 Å². The number of hydrogen-bond acceptors (Lipinski definition) is 5. The summed E-state index contributed by atoms with van der Waals surface area (Å²) in [7, 11) is 0. The molecule has 6 heteroatoms. The Bertz CT molecular complexity index is 699. The SMILES string of the molecule is O=C1O[C@@H](Nc2cccc([N+](=O)[O-])c2)c2ccccc21. The first-order valence-electron chi connectivity index (χ1n) is 5.96. The maximum absolute atomic E-state index is 11.7. The number of nitrogens with one attached hydrogen (secondary N) is 1. The predicted molar refractivity (Wildman–Crippen MR) is 71.3 cm³/mol. The topological polar surface area (TPSA) is 81.5 Å². The summed E-state index contributed by atoms with van der Waals surface area (Å²) in [5.74, 6) is -0.400. The number of non-ortho nitro benzene ring substituents is 1. The third-order valence-electron chi connectivity index (χ3n) is 3.04. The summed E-state index contributed by atoms with van der Waals surface area (Å²) in [6.07, 6.45) is -0.624. The van der Waals surface area contributed by atoms with E-state index in [0.717, 1.165) is 5.56 Å². The molecule has 2 aromatic carbocycles. The third-order valence-corrected chi connectivity index (χ3v) is 3.04. The highest BCUT2D eigenvalue weighted by Gasteiger charge is 2.30. The van der Waals surface area contributed by atoms with Crippen molar-refractivity contribution in [1.29, 1.82) is 0 Å². The van der Waals surface area contributed by atoms with Crippen molar-refractivity contribution >= 4 is 17.3 Å². The Morgan fingerprint density at radius 2 is 1.95 bits per heavy atom. The molecule has 1 heterocycles. The van der Waals surface area contributed by atoms with E-state index in [4.69, 9.17) is 4.74 Å². The first-order valence-corrected chi connectivity index (χ1v) is 5.96. The van der Waals surface area contributed by atoms with Gasteiger partial charge in [-0.1, -0.05) is 24.3 Å². The second-order valence-electron chi connectivity index (χ2n) is 4.32. The largest absolute Gasteiger partial charge is 0.434 e. The van der Waals surface area contributed by atoms with E-state index in [-0.39, 0.29) is 5.69 Å². The summed E-state index contributed by atoms with van der Waals surface area (Å²) >= 11 is 0.